The molecular formula is C24H27BrN4O2. The smallest absolute Gasteiger partial charge is 0.225 e. The van der Waals surface area contributed by atoms with E-state index in [4.69, 9.17) is 9.72 Å². The Morgan fingerprint density at radius 1 is 1.03 bits per heavy atom. The molecule has 2 aliphatic heterocycles. The number of carbonyl (C=O) groups is 1. The van der Waals surface area contributed by atoms with Crippen LogP contribution in [0.2, 0.25) is 0 Å². The second kappa shape index (κ2) is 9.10. The van der Waals surface area contributed by atoms with Gasteiger partial charge in [0.05, 0.1) is 30.8 Å². The van der Waals surface area contributed by atoms with E-state index < -0.39 is 0 Å². The van der Waals surface area contributed by atoms with Crippen LogP contribution < -0.4 is 0 Å². The van der Waals surface area contributed by atoms with Crippen molar-refractivity contribution in [3.05, 3.63) is 58.8 Å². The first-order valence-electron chi connectivity index (χ1n) is 11.0. The summed E-state index contributed by atoms with van der Waals surface area (Å²) in [5.74, 6) is 1.49. The summed E-state index contributed by atoms with van der Waals surface area (Å²) >= 11 is 3.60. The van der Waals surface area contributed by atoms with Crippen LogP contribution in [0.25, 0.3) is 16.7 Å². The first kappa shape index (κ1) is 20.7. The summed E-state index contributed by atoms with van der Waals surface area (Å²) < 4.78 is 8.69. The van der Waals surface area contributed by atoms with Crippen molar-refractivity contribution in [2.45, 2.75) is 19.4 Å². The molecule has 2 fully saturated rings. The van der Waals surface area contributed by atoms with Crippen LogP contribution in [-0.4, -0.2) is 64.7 Å². The monoisotopic (exact) mass is 482 g/mol. The van der Waals surface area contributed by atoms with E-state index in [1.54, 1.807) is 0 Å². The van der Waals surface area contributed by atoms with Gasteiger partial charge in [0, 0.05) is 29.2 Å². The molecule has 31 heavy (non-hydrogen) atoms. The summed E-state index contributed by atoms with van der Waals surface area (Å²) in [7, 11) is 0. The molecule has 3 heterocycles. The van der Waals surface area contributed by atoms with Gasteiger partial charge in [-0.2, -0.15) is 0 Å². The largest absolute Gasteiger partial charge is 0.378 e. The Morgan fingerprint density at radius 2 is 1.81 bits per heavy atom. The van der Waals surface area contributed by atoms with Gasteiger partial charge < -0.3 is 9.64 Å². The van der Waals surface area contributed by atoms with Crippen molar-refractivity contribution in [1.29, 1.82) is 0 Å². The molecule has 3 aromatic rings. The highest BCUT2D eigenvalue weighted by atomic mass is 79.9. The van der Waals surface area contributed by atoms with Crippen LogP contribution in [0.4, 0.5) is 0 Å². The molecule has 7 heteroatoms. The zero-order chi connectivity index (χ0) is 21.2. The highest BCUT2D eigenvalue weighted by Gasteiger charge is 2.30. The number of benzene rings is 2. The number of halogens is 1. The van der Waals surface area contributed by atoms with E-state index in [2.05, 4.69) is 61.8 Å². The Labute approximate surface area is 190 Å². The van der Waals surface area contributed by atoms with Crippen molar-refractivity contribution < 1.29 is 9.53 Å². The van der Waals surface area contributed by atoms with E-state index in [0.29, 0.717) is 19.1 Å². The van der Waals surface area contributed by atoms with Gasteiger partial charge in [0.1, 0.15) is 5.82 Å². The van der Waals surface area contributed by atoms with Crippen LogP contribution in [-0.2, 0) is 16.1 Å². The first-order chi connectivity index (χ1) is 15.2. The summed E-state index contributed by atoms with van der Waals surface area (Å²) in [6.07, 6.45) is 1.82. The fourth-order valence-corrected chi connectivity index (χ4v) is 5.05. The minimum atomic E-state index is 0.137. The Hall–Kier alpha value is -2.22. The Bertz CT molecular complexity index is 1070. The molecule has 0 radical (unpaired) electrons. The summed E-state index contributed by atoms with van der Waals surface area (Å²) in [5, 5.41) is 0. The lowest BCUT2D eigenvalue weighted by atomic mass is 9.95. The summed E-state index contributed by atoms with van der Waals surface area (Å²) in [5.41, 5.74) is 3.23. The third-order valence-electron chi connectivity index (χ3n) is 6.32. The molecule has 0 N–H and O–H groups in total. The summed E-state index contributed by atoms with van der Waals surface area (Å²) in [4.78, 5) is 22.2. The predicted octanol–water partition coefficient (Wildman–Crippen LogP) is 3.86. The molecule has 0 spiro atoms. The Balaban J connectivity index is 1.32. The molecule has 0 saturated carbocycles. The van der Waals surface area contributed by atoms with E-state index in [1.807, 2.05) is 17.0 Å². The molecular weight excluding hydrogens is 456 g/mol. The number of fused-ring (bicyclic) bond motifs is 1. The third kappa shape index (κ3) is 4.40. The molecule has 0 atom stereocenters. The Kier molecular flexibility index (Phi) is 6.07. The zero-order valence-corrected chi connectivity index (χ0v) is 19.1. The molecule has 5 rings (SSSR count). The molecule has 2 aliphatic rings. The number of aromatic nitrogens is 2. The van der Waals surface area contributed by atoms with Gasteiger partial charge in [-0.1, -0.05) is 34.1 Å². The maximum absolute atomic E-state index is 12.8. The van der Waals surface area contributed by atoms with Crippen LogP contribution in [0.3, 0.4) is 0 Å². The van der Waals surface area contributed by atoms with Crippen molar-refractivity contribution in [3.8, 4) is 5.69 Å². The van der Waals surface area contributed by atoms with Crippen LogP contribution in [0.1, 0.15) is 18.7 Å². The van der Waals surface area contributed by atoms with Crippen molar-refractivity contribution in [2.75, 3.05) is 39.4 Å². The van der Waals surface area contributed by atoms with Gasteiger partial charge in [-0.05, 0) is 56.3 Å². The molecule has 2 aromatic carbocycles. The van der Waals surface area contributed by atoms with Gasteiger partial charge >= 0.3 is 0 Å². The number of rotatable bonds is 4. The van der Waals surface area contributed by atoms with Gasteiger partial charge in [0.25, 0.3) is 0 Å². The van der Waals surface area contributed by atoms with E-state index in [1.165, 1.54) is 0 Å². The highest BCUT2D eigenvalue weighted by molar-refractivity contribution is 9.10. The van der Waals surface area contributed by atoms with E-state index in [9.17, 15) is 4.79 Å². The fraction of sp³-hybridized carbons (Fsp3) is 0.417. The topological polar surface area (TPSA) is 50.6 Å². The molecule has 2 saturated heterocycles. The number of hydrogen-bond donors (Lipinski definition) is 0. The lowest BCUT2D eigenvalue weighted by Gasteiger charge is -2.35. The van der Waals surface area contributed by atoms with E-state index >= 15 is 0 Å². The van der Waals surface area contributed by atoms with Crippen LogP contribution in [0.5, 0.6) is 0 Å². The fourth-order valence-electron chi connectivity index (χ4n) is 4.67. The van der Waals surface area contributed by atoms with Gasteiger partial charge in [-0.3, -0.25) is 14.3 Å². The van der Waals surface area contributed by atoms with Crippen molar-refractivity contribution in [3.63, 3.8) is 0 Å². The second-order valence-electron chi connectivity index (χ2n) is 8.32. The zero-order valence-electron chi connectivity index (χ0n) is 17.5. The average molecular weight is 483 g/mol. The Morgan fingerprint density at radius 3 is 2.58 bits per heavy atom. The number of hydrogen-bond acceptors (Lipinski definition) is 4. The van der Waals surface area contributed by atoms with Crippen LogP contribution >= 0.6 is 15.9 Å². The van der Waals surface area contributed by atoms with Crippen molar-refractivity contribution in [1.82, 2.24) is 19.4 Å². The molecule has 0 unspecified atom stereocenters. The second-order valence-corrected chi connectivity index (χ2v) is 9.24. The number of likely N-dealkylation sites (tertiary alicyclic amines) is 1. The average Bonchev–Trinajstić information content (AvgIpc) is 3.17. The normalized spacial score (nSPS) is 18.5. The maximum Gasteiger partial charge on any atom is 0.225 e. The van der Waals surface area contributed by atoms with Gasteiger partial charge in [0.2, 0.25) is 5.91 Å². The minimum absolute atomic E-state index is 0.137. The van der Waals surface area contributed by atoms with E-state index in [0.717, 1.165) is 72.6 Å². The van der Waals surface area contributed by atoms with Crippen LogP contribution in [0, 0.1) is 5.92 Å². The molecule has 0 aliphatic carbocycles. The SMILES string of the molecule is O=C(C1CCN(Cc2nc3ccccc3n2-c2cccc(Br)c2)CC1)N1CCOCC1. The molecule has 162 valence electrons. The standard InChI is InChI=1S/C24H27BrN4O2/c25-19-4-3-5-20(16-19)29-22-7-2-1-6-21(22)26-23(29)17-27-10-8-18(9-11-27)24(30)28-12-14-31-15-13-28/h1-7,16,18H,8-15,17H2. The van der Waals surface area contributed by atoms with Crippen LogP contribution in [0.15, 0.2) is 53.0 Å². The number of ether oxygens (including phenoxy) is 1. The molecule has 1 amide bonds. The number of amides is 1. The van der Waals surface area contributed by atoms with Gasteiger partial charge in [0.15, 0.2) is 0 Å². The van der Waals surface area contributed by atoms with E-state index in [-0.39, 0.29) is 5.92 Å². The molecule has 0 bridgehead atoms. The molecule has 1 aromatic heterocycles. The first-order valence-corrected chi connectivity index (χ1v) is 11.8. The quantitative estimate of drug-likeness (QED) is 0.566. The lowest BCUT2D eigenvalue weighted by Crippen LogP contribution is -2.46. The van der Waals surface area contributed by atoms with Gasteiger partial charge in [-0.25, -0.2) is 4.98 Å². The number of piperidine rings is 1. The van der Waals surface area contributed by atoms with Crippen molar-refractivity contribution >= 4 is 32.9 Å². The van der Waals surface area contributed by atoms with Crippen molar-refractivity contribution in [2.24, 2.45) is 5.92 Å². The third-order valence-corrected chi connectivity index (χ3v) is 6.81. The van der Waals surface area contributed by atoms with Gasteiger partial charge in [-0.15, -0.1) is 0 Å². The number of imidazole rings is 1. The number of morpholine rings is 1. The summed E-state index contributed by atoms with van der Waals surface area (Å²) in [6.45, 7) is 5.41. The predicted molar refractivity (Wildman–Crippen MR) is 124 cm³/mol. The highest BCUT2D eigenvalue weighted by Crippen LogP contribution is 2.26. The lowest BCUT2D eigenvalue weighted by molar-refractivity contribution is -0.141. The minimum Gasteiger partial charge on any atom is -0.378 e. The summed E-state index contributed by atoms with van der Waals surface area (Å²) in [6, 6.07) is 16.6. The number of para-hydroxylation sites is 2. The number of nitrogens with zero attached hydrogens (tertiary/aromatic N) is 4. The molecule has 6 nitrogen and oxygen atoms in total. The maximum atomic E-state index is 12.8. The number of carbonyl (C=O) groups excluding carboxylic acids is 1.